The fourth-order valence-corrected chi connectivity index (χ4v) is 4.74. The maximum Gasteiger partial charge on any atom is 0.408 e. The fraction of sp³-hybridized carbons (Fsp3) is 0.375. The van der Waals surface area contributed by atoms with Crippen molar-refractivity contribution in [2.24, 2.45) is 5.73 Å². The molecule has 4 N–H and O–H groups in total. The highest BCUT2D eigenvalue weighted by atomic mass is 16.6. The molecule has 0 aliphatic rings. The number of benzene rings is 3. The van der Waals surface area contributed by atoms with Crippen LogP contribution in [-0.4, -0.2) is 46.4 Å². The first-order valence-electron chi connectivity index (χ1n) is 13.6. The maximum absolute atomic E-state index is 14.1. The molecule has 0 spiro atoms. The Balaban J connectivity index is 2.06. The summed E-state index contributed by atoms with van der Waals surface area (Å²) in [5.74, 6) is -1.86. The molecule has 0 aromatic heterocycles. The average molecular weight is 561 g/mol. The summed E-state index contributed by atoms with van der Waals surface area (Å²) in [6.45, 7) is 12.4. The van der Waals surface area contributed by atoms with Gasteiger partial charge in [0.25, 0.3) is 5.91 Å². The summed E-state index contributed by atoms with van der Waals surface area (Å²) in [6, 6.07) is 16.1. The molecule has 9 nitrogen and oxygen atoms in total. The SMILES string of the molecule is Cc1ccc(C(C(=O)Nc2ccc3ccccc3c2)N(C(=O)C(CC(N)=O)NC(=O)OC(C)(C)C)C(C)C)c(C)c1. The molecule has 2 unspecified atom stereocenters. The molecule has 0 heterocycles. The maximum atomic E-state index is 14.1. The van der Waals surface area contributed by atoms with E-state index in [0.717, 1.165) is 21.9 Å². The van der Waals surface area contributed by atoms with Crippen LogP contribution in [0.1, 0.15) is 63.8 Å². The van der Waals surface area contributed by atoms with Crippen molar-refractivity contribution in [3.8, 4) is 0 Å². The molecule has 9 heteroatoms. The van der Waals surface area contributed by atoms with E-state index in [9.17, 15) is 19.2 Å². The highest BCUT2D eigenvalue weighted by molar-refractivity contribution is 6.01. The number of carbonyl (C=O) groups excluding carboxylic acids is 4. The summed E-state index contributed by atoms with van der Waals surface area (Å²) in [5, 5.41) is 7.45. The number of carbonyl (C=O) groups is 4. The van der Waals surface area contributed by atoms with Gasteiger partial charge in [0, 0.05) is 11.7 Å². The van der Waals surface area contributed by atoms with Crippen molar-refractivity contribution in [1.29, 1.82) is 0 Å². The summed E-state index contributed by atoms with van der Waals surface area (Å²) < 4.78 is 5.33. The van der Waals surface area contributed by atoms with Crippen LogP contribution in [0.2, 0.25) is 0 Å². The van der Waals surface area contributed by atoms with Crippen molar-refractivity contribution in [2.45, 2.75) is 78.6 Å². The quantitative estimate of drug-likeness (QED) is 0.333. The molecule has 0 fully saturated rings. The predicted octanol–water partition coefficient (Wildman–Crippen LogP) is 5.14. The molecule has 0 aliphatic carbocycles. The van der Waals surface area contributed by atoms with Gasteiger partial charge in [-0.25, -0.2) is 4.79 Å². The highest BCUT2D eigenvalue weighted by Crippen LogP contribution is 2.30. The number of nitrogens with one attached hydrogen (secondary N) is 2. The largest absolute Gasteiger partial charge is 0.444 e. The second-order valence-corrected chi connectivity index (χ2v) is 11.5. The van der Waals surface area contributed by atoms with E-state index in [0.29, 0.717) is 11.3 Å². The van der Waals surface area contributed by atoms with E-state index in [1.54, 1.807) is 40.7 Å². The zero-order valence-corrected chi connectivity index (χ0v) is 24.8. The Morgan fingerprint density at radius 2 is 1.59 bits per heavy atom. The number of ether oxygens (including phenoxy) is 1. The van der Waals surface area contributed by atoms with Crippen molar-refractivity contribution in [1.82, 2.24) is 10.2 Å². The summed E-state index contributed by atoms with van der Waals surface area (Å²) in [7, 11) is 0. The Morgan fingerprint density at radius 1 is 0.927 bits per heavy atom. The molecule has 0 bridgehead atoms. The van der Waals surface area contributed by atoms with Gasteiger partial charge in [-0.05, 0) is 82.5 Å². The second kappa shape index (κ2) is 12.8. The van der Waals surface area contributed by atoms with Gasteiger partial charge in [0.05, 0.1) is 6.42 Å². The average Bonchev–Trinajstić information content (AvgIpc) is 2.85. The van der Waals surface area contributed by atoms with Crippen molar-refractivity contribution < 1.29 is 23.9 Å². The lowest BCUT2D eigenvalue weighted by molar-refractivity contribution is -0.143. The third-order valence-corrected chi connectivity index (χ3v) is 6.47. The summed E-state index contributed by atoms with van der Waals surface area (Å²) >= 11 is 0. The molecule has 2 atom stereocenters. The Hall–Kier alpha value is -4.40. The molecule has 3 aromatic rings. The Bertz CT molecular complexity index is 1440. The van der Waals surface area contributed by atoms with Crippen LogP contribution in [0.5, 0.6) is 0 Å². The number of nitrogens with two attached hydrogens (primary N) is 1. The van der Waals surface area contributed by atoms with Crippen LogP contribution in [0.3, 0.4) is 0 Å². The van der Waals surface area contributed by atoms with E-state index in [1.807, 2.05) is 68.4 Å². The molecule has 41 heavy (non-hydrogen) atoms. The van der Waals surface area contributed by atoms with Crippen LogP contribution >= 0.6 is 0 Å². The van der Waals surface area contributed by atoms with Crippen LogP contribution in [-0.2, 0) is 19.1 Å². The summed E-state index contributed by atoms with van der Waals surface area (Å²) in [5.41, 5.74) is 7.64. The Labute approximate surface area is 241 Å². The van der Waals surface area contributed by atoms with E-state index in [1.165, 1.54) is 4.90 Å². The predicted molar refractivity (Wildman–Crippen MR) is 160 cm³/mol. The third kappa shape index (κ3) is 8.30. The molecule has 0 saturated heterocycles. The normalized spacial score (nSPS) is 12.9. The minimum atomic E-state index is -1.34. The standard InChI is InChI=1S/C32H40N4O5/c1-19(2)36(30(39)26(18-27(33)37)35-31(40)41-32(5,6)7)28(25-15-12-20(3)16-21(25)4)29(38)34-24-14-13-22-10-8-9-11-23(22)17-24/h8-17,19,26,28H,18H2,1-7H3,(H2,33,37)(H,34,38)(H,35,40). The lowest BCUT2D eigenvalue weighted by atomic mass is 9.95. The second-order valence-electron chi connectivity index (χ2n) is 11.5. The first-order chi connectivity index (χ1) is 19.2. The number of hydrogen-bond donors (Lipinski definition) is 3. The van der Waals surface area contributed by atoms with Crippen LogP contribution < -0.4 is 16.4 Å². The lowest BCUT2D eigenvalue weighted by Gasteiger charge is -2.37. The number of nitrogens with zero attached hydrogens (tertiary/aromatic N) is 1. The number of aryl methyl sites for hydroxylation is 2. The molecular formula is C32H40N4O5. The first kappa shape index (κ1) is 31.1. The van der Waals surface area contributed by atoms with E-state index >= 15 is 0 Å². The van der Waals surface area contributed by atoms with Crippen molar-refractivity contribution in [3.63, 3.8) is 0 Å². The number of primary amides is 1. The van der Waals surface area contributed by atoms with Crippen LogP contribution in [0, 0.1) is 13.8 Å². The number of rotatable bonds is 9. The van der Waals surface area contributed by atoms with E-state index < -0.39 is 54.0 Å². The van der Waals surface area contributed by atoms with Gasteiger partial charge in [-0.1, -0.05) is 54.1 Å². The van der Waals surface area contributed by atoms with Gasteiger partial charge in [-0.3, -0.25) is 14.4 Å². The van der Waals surface area contributed by atoms with Crippen molar-refractivity contribution >= 4 is 40.3 Å². The minimum Gasteiger partial charge on any atom is -0.444 e. The number of hydrogen-bond acceptors (Lipinski definition) is 5. The van der Waals surface area contributed by atoms with Crippen molar-refractivity contribution in [2.75, 3.05) is 5.32 Å². The van der Waals surface area contributed by atoms with Gasteiger partial charge < -0.3 is 26.0 Å². The lowest BCUT2D eigenvalue weighted by Crippen LogP contribution is -2.55. The van der Waals surface area contributed by atoms with E-state index in [4.69, 9.17) is 10.5 Å². The van der Waals surface area contributed by atoms with Gasteiger partial charge >= 0.3 is 6.09 Å². The zero-order valence-electron chi connectivity index (χ0n) is 24.8. The number of amides is 4. The topological polar surface area (TPSA) is 131 Å². The molecule has 218 valence electrons. The number of fused-ring (bicyclic) bond motifs is 1. The number of anilines is 1. The summed E-state index contributed by atoms with van der Waals surface area (Å²) in [4.78, 5) is 54.2. The molecule has 0 radical (unpaired) electrons. The van der Waals surface area contributed by atoms with Gasteiger partial charge in [0.1, 0.15) is 17.7 Å². The fourth-order valence-electron chi connectivity index (χ4n) is 4.74. The van der Waals surface area contributed by atoms with Gasteiger partial charge in [-0.2, -0.15) is 0 Å². The molecular weight excluding hydrogens is 520 g/mol. The molecule has 0 aliphatic heterocycles. The Kier molecular flexibility index (Phi) is 9.75. The smallest absolute Gasteiger partial charge is 0.408 e. The Morgan fingerprint density at radius 3 is 2.17 bits per heavy atom. The molecule has 0 saturated carbocycles. The summed E-state index contributed by atoms with van der Waals surface area (Å²) in [6.07, 6.45) is -1.34. The van der Waals surface area contributed by atoms with Crippen molar-refractivity contribution in [3.05, 3.63) is 77.4 Å². The molecule has 3 aromatic carbocycles. The van der Waals surface area contributed by atoms with Crippen LogP contribution in [0.4, 0.5) is 10.5 Å². The zero-order chi connectivity index (χ0) is 30.5. The number of alkyl carbamates (subject to hydrolysis) is 1. The molecule has 3 rings (SSSR count). The highest BCUT2D eigenvalue weighted by Gasteiger charge is 2.39. The van der Waals surface area contributed by atoms with E-state index in [-0.39, 0.29) is 0 Å². The van der Waals surface area contributed by atoms with Crippen LogP contribution in [0.25, 0.3) is 10.8 Å². The van der Waals surface area contributed by atoms with E-state index in [2.05, 4.69) is 10.6 Å². The van der Waals surface area contributed by atoms with Gasteiger partial charge in [0.15, 0.2) is 0 Å². The van der Waals surface area contributed by atoms with Gasteiger partial charge in [0.2, 0.25) is 11.8 Å². The minimum absolute atomic E-state index is 0.440. The molecule has 4 amide bonds. The first-order valence-corrected chi connectivity index (χ1v) is 13.6. The monoisotopic (exact) mass is 560 g/mol. The van der Waals surface area contributed by atoms with Crippen LogP contribution in [0.15, 0.2) is 60.7 Å². The third-order valence-electron chi connectivity index (χ3n) is 6.47. The van der Waals surface area contributed by atoms with Gasteiger partial charge in [-0.15, -0.1) is 0 Å².